The van der Waals surface area contributed by atoms with Crippen LogP contribution in [-0.4, -0.2) is 56.8 Å². The maximum Gasteiger partial charge on any atom is 0.246 e. The van der Waals surface area contributed by atoms with Crippen LogP contribution in [0.1, 0.15) is 11.1 Å². The molecule has 0 aromatic heterocycles. The van der Waals surface area contributed by atoms with Gasteiger partial charge in [0.25, 0.3) is 0 Å². The van der Waals surface area contributed by atoms with E-state index in [4.69, 9.17) is 4.74 Å². The minimum absolute atomic E-state index is 0.146. The Balaban J connectivity index is 1.57. The van der Waals surface area contributed by atoms with Crippen molar-refractivity contribution in [2.24, 2.45) is 0 Å². The number of benzene rings is 2. The van der Waals surface area contributed by atoms with Crippen molar-refractivity contribution >= 4 is 28.1 Å². The van der Waals surface area contributed by atoms with Crippen molar-refractivity contribution in [1.82, 2.24) is 9.21 Å². The lowest BCUT2D eigenvalue weighted by atomic mass is 10.2. The van der Waals surface area contributed by atoms with Crippen LogP contribution in [-0.2, 0) is 14.8 Å². The third-order valence-corrected chi connectivity index (χ3v) is 6.25. The predicted molar refractivity (Wildman–Crippen MR) is 115 cm³/mol. The van der Waals surface area contributed by atoms with E-state index in [1.807, 2.05) is 54.6 Å². The molecule has 1 aliphatic heterocycles. The molecule has 1 saturated heterocycles. The fourth-order valence-electron chi connectivity index (χ4n) is 3.05. The van der Waals surface area contributed by atoms with Crippen LogP contribution >= 0.6 is 0 Å². The number of amides is 1. The quantitative estimate of drug-likeness (QED) is 0.685. The molecule has 0 spiro atoms. The first-order valence-corrected chi connectivity index (χ1v) is 10.8. The van der Waals surface area contributed by atoms with Gasteiger partial charge in [0, 0.05) is 43.2 Å². The summed E-state index contributed by atoms with van der Waals surface area (Å²) in [7, 11) is -1.93. The van der Waals surface area contributed by atoms with Gasteiger partial charge in [0.2, 0.25) is 15.9 Å². The summed E-state index contributed by atoms with van der Waals surface area (Å²) in [6.07, 6.45) is 4.80. The Morgan fingerprint density at radius 2 is 1.59 bits per heavy atom. The van der Waals surface area contributed by atoms with E-state index in [-0.39, 0.29) is 19.0 Å². The van der Waals surface area contributed by atoms with Crippen LogP contribution < -0.4 is 4.74 Å². The minimum atomic E-state index is -3.51. The first kappa shape index (κ1) is 20.8. The van der Waals surface area contributed by atoms with E-state index in [0.717, 1.165) is 11.1 Å². The lowest BCUT2D eigenvalue weighted by molar-refractivity contribution is -0.127. The zero-order chi connectivity index (χ0) is 20.7. The molecule has 6 nitrogen and oxygen atoms in total. The zero-order valence-electron chi connectivity index (χ0n) is 16.3. The summed E-state index contributed by atoms with van der Waals surface area (Å²) in [4.78, 5) is 14.1. The van der Waals surface area contributed by atoms with Crippen LogP contribution in [0.3, 0.4) is 0 Å². The molecule has 1 aliphatic rings. The maximum absolute atomic E-state index is 12.5. The van der Waals surface area contributed by atoms with Gasteiger partial charge in [0.1, 0.15) is 5.75 Å². The molecule has 0 bridgehead atoms. The van der Waals surface area contributed by atoms with Gasteiger partial charge >= 0.3 is 0 Å². The minimum Gasteiger partial charge on any atom is -0.496 e. The van der Waals surface area contributed by atoms with Crippen molar-refractivity contribution < 1.29 is 17.9 Å². The van der Waals surface area contributed by atoms with E-state index >= 15 is 0 Å². The number of sulfonamides is 1. The normalized spacial score (nSPS) is 15.8. The Labute approximate surface area is 171 Å². The van der Waals surface area contributed by atoms with Crippen LogP contribution in [0.4, 0.5) is 0 Å². The Morgan fingerprint density at radius 1 is 0.931 bits per heavy atom. The largest absolute Gasteiger partial charge is 0.496 e. The van der Waals surface area contributed by atoms with Crippen LogP contribution in [0.25, 0.3) is 12.2 Å². The van der Waals surface area contributed by atoms with Gasteiger partial charge in [-0.25, -0.2) is 8.42 Å². The van der Waals surface area contributed by atoms with Gasteiger partial charge in [-0.2, -0.15) is 4.31 Å². The van der Waals surface area contributed by atoms with Gasteiger partial charge in [-0.3, -0.25) is 4.79 Å². The number of ether oxygens (including phenoxy) is 1. The number of hydrogen-bond donors (Lipinski definition) is 0. The van der Waals surface area contributed by atoms with E-state index in [9.17, 15) is 13.2 Å². The van der Waals surface area contributed by atoms with Gasteiger partial charge in [-0.1, -0.05) is 48.5 Å². The number of carbonyl (C=O) groups excluding carboxylic acids is 1. The highest BCUT2D eigenvalue weighted by Gasteiger charge is 2.26. The lowest BCUT2D eigenvalue weighted by Crippen LogP contribution is -2.49. The number of piperazine rings is 1. The van der Waals surface area contributed by atoms with Gasteiger partial charge in [0.15, 0.2) is 0 Å². The molecular formula is C22H24N2O4S. The van der Waals surface area contributed by atoms with E-state index in [1.165, 1.54) is 15.8 Å². The smallest absolute Gasteiger partial charge is 0.246 e. The SMILES string of the molecule is COc1ccccc1C=CC(=O)N1CCN(S(=O)(=O)C=Cc2ccccc2)CC1. The number of hydrogen-bond acceptors (Lipinski definition) is 4. The van der Waals surface area contributed by atoms with Gasteiger partial charge in [-0.05, 0) is 23.8 Å². The number of para-hydroxylation sites is 1. The number of nitrogens with zero attached hydrogens (tertiary/aromatic N) is 2. The second kappa shape index (κ2) is 9.54. The monoisotopic (exact) mass is 412 g/mol. The number of carbonyl (C=O) groups is 1. The fraction of sp³-hybridized carbons (Fsp3) is 0.227. The molecule has 0 N–H and O–H groups in total. The molecule has 29 heavy (non-hydrogen) atoms. The van der Waals surface area contributed by atoms with Crippen LogP contribution in [0.2, 0.25) is 0 Å². The Bertz CT molecular complexity index is 992. The summed E-state index contributed by atoms with van der Waals surface area (Å²) in [5.41, 5.74) is 1.64. The van der Waals surface area contributed by atoms with Crippen molar-refractivity contribution in [3.05, 3.63) is 77.2 Å². The average Bonchev–Trinajstić information content (AvgIpc) is 2.77. The highest BCUT2D eigenvalue weighted by molar-refractivity contribution is 7.92. The first-order chi connectivity index (χ1) is 14.0. The highest BCUT2D eigenvalue weighted by atomic mass is 32.2. The van der Waals surface area contributed by atoms with Gasteiger partial charge in [0.05, 0.1) is 7.11 Å². The van der Waals surface area contributed by atoms with E-state index in [1.54, 1.807) is 24.2 Å². The Hall–Kier alpha value is -2.90. The van der Waals surface area contributed by atoms with Crippen molar-refractivity contribution in [2.75, 3.05) is 33.3 Å². The third kappa shape index (κ3) is 5.56. The third-order valence-electron chi connectivity index (χ3n) is 4.69. The highest BCUT2D eigenvalue weighted by Crippen LogP contribution is 2.19. The molecule has 1 amide bonds. The molecule has 0 atom stereocenters. The first-order valence-electron chi connectivity index (χ1n) is 9.33. The number of rotatable bonds is 6. The molecule has 3 rings (SSSR count). The topological polar surface area (TPSA) is 66.9 Å². The predicted octanol–water partition coefficient (Wildman–Crippen LogP) is 2.85. The molecule has 0 aliphatic carbocycles. The maximum atomic E-state index is 12.5. The molecular weight excluding hydrogens is 388 g/mol. The zero-order valence-corrected chi connectivity index (χ0v) is 17.1. The van der Waals surface area contributed by atoms with Gasteiger partial charge < -0.3 is 9.64 Å². The second-order valence-corrected chi connectivity index (χ2v) is 8.38. The fourth-order valence-corrected chi connectivity index (χ4v) is 4.22. The summed E-state index contributed by atoms with van der Waals surface area (Å²) >= 11 is 0. The van der Waals surface area contributed by atoms with Crippen molar-refractivity contribution in [1.29, 1.82) is 0 Å². The van der Waals surface area contributed by atoms with Crippen molar-refractivity contribution in [3.8, 4) is 5.75 Å². The molecule has 0 saturated carbocycles. The summed E-state index contributed by atoms with van der Waals surface area (Å²) in [6, 6.07) is 16.7. The van der Waals surface area contributed by atoms with Crippen LogP contribution in [0.15, 0.2) is 66.1 Å². The average molecular weight is 413 g/mol. The molecule has 1 heterocycles. The molecule has 2 aromatic carbocycles. The summed E-state index contributed by atoms with van der Waals surface area (Å²) < 4.78 is 31.7. The van der Waals surface area contributed by atoms with Crippen LogP contribution in [0.5, 0.6) is 5.75 Å². The van der Waals surface area contributed by atoms with Crippen molar-refractivity contribution in [3.63, 3.8) is 0 Å². The molecule has 0 radical (unpaired) electrons. The Kier molecular flexibility index (Phi) is 6.85. The van der Waals surface area contributed by atoms with Gasteiger partial charge in [-0.15, -0.1) is 0 Å². The molecule has 7 heteroatoms. The number of methoxy groups -OCH3 is 1. The molecule has 1 fully saturated rings. The molecule has 152 valence electrons. The van der Waals surface area contributed by atoms with E-state index < -0.39 is 10.0 Å². The molecule has 0 unspecified atom stereocenters. The van der Waals surface area contributed by atoms with Crippen LogP contribution in [0, 0.1) is 0 Å². The summed E-state index contributed by atoms with van der Waals surface area (Å²) in [5.74, 6) is 0.547. The summed E-state index contributed by atoms with van der Waals surface area (Å²) in [6.45, 7) is 1.26. The van der Waals surface area contributed by atoms with E-state index in [2.05, 4.69) is 0 Å². The standard InChI is InChI=1S/C22H24N2O4S/c1-28-21-10-6-5-9-20(21)11-12-22(25)23-14-16-24(17-15-23)29(26,27)18-13-19-7-3-2-4-8-19/h2-13,18H,14-17H2,1H3. The lowest BCUT2D eigenvalue weighted by Gasteiger charge is -2.32. The Morgan fingerprint density at radius 3 is 2.28 bits per heavy atom. The van der Waals surface area contributed by atoms with Crippen molar-refractivity contribution in [2.45, 2.75) is 0 Å². The second-order valence-electron chi connectivity index (χ2n) is 6.56. The molecule has 2 aromatic rings. The summed E-state index contributed by atoms with van der Waals surface area (Å²) in [5, 5.41) is 1.22. The van der Waals surface area contributed by atoms with E-state index in [0.29, 0.717) is 18.8 Å².